The van der Waals surface area contributed by atoms with Crippen molar-refractivity contribution >= 4 is 17.3 Å². The normalized spacial score (nSPS) is 12.6. The number of hydrogen-bond donors (Lipinski definition) is 1. The first-order chi connectivity index (χ1) is 7.24. The highest BCUT2D eigenvalue weighted by Crippen LogP contribution is 2.16. The minimum Gasteiger partial charge on any atom is -0.481 e. The standard InChI is InChI=1S/C11H17NO2S/c1-2-4-9(11(13)14)5-3-6-10-12-7-8-15-10/h7-9H,2-6H2,1H3,(H,13,14). The molecule has 0 saturated heterocycles. The van der Waals surface area contributed by atoms with Crippen molar-refractivity contribution in [1.29, 1.82) is 0 Å². The number of carboxylic acids is 1. The Hall–Kier alpha value is -0.900. The largest absolute Gasteiger partial charge is 0.481 e. The lowest BCUT2D eigenvalue weighted by Gasteiger charge is -2.09. The third kappa shape index (κ3) is 4.42. The summed E-state index contributed by atoms with van der Waals surface area (Å²) in [5.41, 5.74) is 0. The van der Waals surface area contributed by atoms with Gasteiger partial charge >= 0.3 is 5.97 Å². The Morgan fingerprint density at radius 1 is 1.60 bits per heavy atom. The van der Waals surface area contributed by atoms with Crippen LogP contribution in [0.1, 0.15) is 37.6 Å². The quantitative estimate of drug-likeness (QED) is 0.779. The van der Waals surface area contributed by atoms with E-state index in [2.05, 4.69) is 4.98 Å². The Morgan fingerprint density at radius 3 is 2.93 bits per heavy atom. The molecule has 1 unspecified atom stereocenters. The maximum atomic E-state index is 10.9. The van der Waals surface area contributed by atoms with Crippen molar-refractivity contribution in [2.24, 2.45) is 5.92 Å². The van der Waals surface area contributed by atoms with Crippen LogP contribution in [0, 0.1) is 5.92 Å². The summed E-state index contributed by atoms with van der Waals surface area (Å²) < 4.78 is 0. The third-order valence-electron chi connectivity index (χ3n) is 2.41. The molecule has 1 atom stereocenters. The van der Waals surface area contributed by atoms with E-state index in [-0.39, 0.29) is 5.92 Å². The van der Waals surface area contributed by atoms with Crippen LogP contribution in [0.2, 0.25) is 0 Å². The number of thiazole rings is 1. The zero-order valence-electron chi connectivity index (χ0n) is 8.98. The molecule has 1 rings (SSSR count). The molecule has 1 aromatic rings. The average Bonchev–Trinajstić information content (AvgIpc) is 2.69. The second-order valence-electron chi connectivity index (χ2n) is 3.64. The summed E-state index contributed by atoms with van der Waals surface area (Å²) >= 11 is 1.64. The maximum Gasteiger partial charge on any atom is 0.306 e. The van der Waals surface area contributed by atoms with Gasteiger partial charge in [-0.1, -0.05) is 13.3 Å². The van der Waals surface area contributed by atoms with E-state index in [1.807, 2.05) is 12.3 Å². The number of nitrogens with zero attached hydrogens (tertiary/aromatic N) is 1. The second-order valence-corrected chi connectivity index (χ2v) is 4.62. The van der Waals surface area contributed by atoms with Crippen LogP contribution in [-0.2, 0) is 11.2 Å². The van der Waals surface area contributed by atoms with Gasteiger partial charge in [0.25, 0.3) is 0 Å². The van der Waals surface area contributed by atoms with Gasteiger partial charge in [-0.3, -0.25) is 4.79 Å². The summed E-state index contributed by atoms with van der Waals surface area (Å²) in [4.78, 5) is 15.0. The van der Waals surface area contributed by atoms with Crippen molar-refractivity contribution in [3.8, 4) is 0 Å². The summed E-state index contributed by atoms with van der Waals surface area (Å²) in [7, 11) is 0. The summed E-state index contributed by atoms with van der Waals surface area (Å²) in [5, 5.41) is 12.0. The van der Waals surface area contributed by atoms with Gasteiger partial charge in [0.1, 0.15) is 0 Å². The molecule has 0 bridgehead atoms. The molecular formula is C11H17NO2S. The highest BCUT2D eigenvalue weighted by atomic mass is 32.1. The van der Waals surface area contributed by atoms with Crippen LogP contribution in [-0.4, -0.2) is 16.1 Å². The fourth-order valence-corrected chi connectivity index (χ4v) is 2.28. The van der Waals surface area contributed by atoms with Crippen LogP contribution in [0.5, 0.6) is 0 Å². The summed E-state index contributed by atoms with van der Waals surface area (Å²) in [5.74, 6) is -0.828. The first-order valence-electron chi connectivity index (χ1n) is 5.35. The zero-order chi connectivity index (χ0) is 11.1. The lowest BCUT2D eigenvalue weighted by atomic mass is 9.97. The minimum atomic E-state index is -0.656. The van der Waals surface area contributed by atoms with Gasteiger partial charge in [-0.2, -0.15) is 0 Å². The van der Waals surface area contributed by atoms with E-state index in [4.69, 9.17) is 5.11 Å². The van der Waals surface area contributed by atoms with Crippen molar-refractivity contribution < 1.29 is 9.90 Å². The van der Waals surface area contributed by atoms with Gasteiger partial charge in [0.15, 0.2) is 0 Å². The molecule has 1 aromatic heterocycles. The molecule has 0 amide bonds. The molecule has 0 fully saturated rings. The smallest absolute Gasteiger partial charge is 0.306 e. The van der Waals surface area contributed by atoms with E-state index >= 15 is 0 Å². The van der Waals surface area contributed by atoms with Gasteiger partial charge in [-0.25, -0.2) is 4.98 Å². The van der Waals surface area contributed by atoms with Crippen LogP contribution < -0.4 is 0 Å². The summed E-state index contributed by atoms with van der Waals surface area (Å²) in [6.45, 7) is 2.02. The minimum absolute atomic E-state index is 0.171. The monoisotopic (exact) mass is 227 g/mol. The molecule has 0 aliphatic carbocycles. The Bertz CT molecular complexity index is 285. The lowest BCUT2D eigenvalue weighted by Crippen LogP contribution is -2.13. The van der Waals surface area contributed by atoms with Crippen LogP contribution >= 0.6 is 11.3 Å². The molecule has 15 heavy (non-hydrogen) atoms. The molecule has 3 nitrogen and oxygen atoms in total. The predicted molar refractivity (Wildman–Crippen MR) is 61.1 cm³/mol. The number of carboxylic acid groups (broad SMARTS) is 1. The number of aryl methyl sites for hydroxylation is 1. The molecule has 4 heteroatoms. The van der Waals surface area contributed by atoms with Crippen LogP contribution in [0.4, 0.5) is 0 Å². The van der Waals surface area contributed by atoms with Crippen molar-refractivity contribution in [3.05, 3.63) is 16.6 Å². The molecule has 0 aliphatic heterocycles. The van der Waals surface area contributed by atoms with Crippen molar-refractivity contribution in [2.75, 3.05) is 0 Å². The molecule has 1 heterocycles. The summed E-state index contributed by atoms with van der Waals surface area (Å²) in [6.07, 6.45) is 6.11. The molecule has 0 saturated carbocycles. The Balaban J connectivity index is 2.25. The average molecular weight is 227 g/mol. The fraction of sp³-hybridized carbons (Fsp3) is 0.636. The lowest BCUT2D eigenvalue weighted by molar-refractivity contribution is -0.142. The fourth-order valence-electron chi connectivity index (χ4n) is 1.62. The predicted octanol–water partition coefficient (Wildman–Crippen LogP) is 2.97. The Morgan fingerprint density at radius 2 is 2.40 bits per heavy atom. The van der Waals surface area contributed by atoms with Gasteiger partial charge in [0.2, 0.25) is 0 Å². The molecule has 0 aliphatic rings. The maximum absolute atomic E-state index is 10.9. The Labute approximate surface area is 94.2 Å². The van der Waals surface area contributed by atoms with Crippen LogP contribution in [0.15, 0.2) is 11.6 Å². The highest BCUT2D eigenvalue weighted by molar-refractivity contribution is 7.09. The number of rotatable bonds is 7. The molecular weight excluding hydrogens is 210 g/mol. The van der Waals surface area contributed by atoms with E-state index in [1.54, 1.807) is 17.5 Å². The molecule has 1 N–H and O–H groups in total. The van der Waals surface area contributed by atoms with Crippen molar-refractivity contribution in [2.45, 2.75) is 39.0 Å². The first kappa shape index (κ1) is 12.2. The number of aromatic nitrogens is 1. The Kier molecular flexibility index (Phi) is 5.32. The van der Waals surface area contributed by atoms with Crippen molar-refractivity contribution in [1.82, 2.24) is 4.98 Å². The highest BCUT2D eigenvalue weighted by Gasteiger charge is 2.15. The van der Waals surface area contributed by atoms with Gasteiger partial charge in [0.05, 0.1) is 10.9 Å². The van der Waals surface area contributed by atoms with Crippen LogP contribution in [0.25, 0.3) is 0 Å². The number of carbonyl (C=O) groups is 1. The number of hydrogen-bond acceptors (Lipinski definition) is 3. The van der Waals surface area contributed by atoms with Crippen molar-refractivity contribution in [3.63, 3.8) is 0 Å². The first-order valence-corrected chi connectivity index (χ1v) is 6.23. The van der Waals surface area contributed by atoms with Gasteiger partial charge in [-0.05, 0) is 25.7 Å². The van der Waals surface area contributed by atoms with Gasteiger partial charge in [0, 0.05) is 11.6 Å². The van der Waals surface area contributed by atoms with E-state index in [1.165, 1.54) is 0 Å². The van der Waals surface area contributed by atoms with E-state index in [9.17, 15) is 4.79 Å². The SMILES string of the molecule is CCCC(CCCc1nccs1)C(=O)O. The van der Waals surface area contributed by atoms with Gasteiger partial charge < -0.3 is 5.11 Å². The molecule has 84 valence electrons. The topological polar surface area (TPSA) is 50.2 Å². The molecule has 0 spiro atoms. The molecule has 0 aromatic carbocycles. The third-order valence-corrected chi connectivity index (χ3v) is 3.25. The van der Waals surface area contributed by atoms with Crippen LogP contribution in [0.3, 0.4) is 0 Å². The second kappa shape index (κ2) is 6.56. The van der Waals surface area contributed by atoms with Gasteiger partial charge in [-0.15, -0.1) is 11.3 Å². The van der Waals surface area contributed by atoms with E-state index in [0.717, 1.165) is 37.1 Å². The summed E-state index contributed by atoms with van der Waals surface area (Å²) in [6, 6.07) is 0. The number of aliphatic carboxylic acids is 1. The molecule has 0 radical (unpaired) electrons. The zero-order valence-corrected chi connectivity index (χ0v) is 9.80. The van der Waals surface area contributed by atoms with E-state index in [0.29, 0.717) is 0 Å². The van der Waals surface area contributed by atoms with E-state index < -0.39 is 5.97 Å².